The van der Waals surface area contributed by atoms with E-state index >= 15 is 0 Å². The van der Waals surface area contributed by atoms with E-state index in [0.29, 0.717) is 6.54 Å². The molecule has 2 heterocycles. The third-order valence-corrected chi connectivity index (χ3v) is 3.83. The molecule has 0 spiro atoms. The van der Waals surface area contributed by atoms with Crippen molar-refractivity contribution < 1.29 is 14.4 Å². The van der Waals surface area contributed by atoms with Crippen molar-refractivity contribution in [3.05, 3.63) is 58.9 Å². The molecule has 0 aliphatic rings. The van der Waals surface area contributed by atoms with Gasteiger partial charge in [0.15, 0.2) is 0 Å². The Bertz CT molecular complexity index is 713. The lowest BCUT2D eigenvalue weighted by Gasteiger charge is -2.19. The van der Waals surface area contributed by atoms with Crippen LogP contribution in [0.25, 0.3) is 0 Å². The molecule has 1 radical (unpaired) electrons. The third-order valence-electron chi connectivity index (χ3n) is 2.95. The van der Waals surface area contributed by atoms with Crippen molar-refractivity contribution in [2.45, 2.75) is 6.54 Å². The third kappa shape index (κ3) is 4.10. The summed E-state index contributed by atoms with van der Waals surface area (Å²) in [5, 5.41) is 4.68. The van der Waals surface area contributed by atoms with Gasteiger partial charge in [0.1, 0.15) is 5.82 Å². The first-order valence-corrected chi connectivity index (χ1v) is 7.60. The van der Waals surface area contributed by atoms with Crippen LogP contribution in [0.1, 0.15) is 15.2 Å². The maximum absolute atomic E-state index is 12.4. The van der Waals surface area contributed by atoms with Crippen LogP contribution in [-0.2, 0) is 16.1 Å². The molecule has 0 bridgehead atoms. The molecule has 1 N–H and O–H groups in total. The zero-order chi connectivity index (χ0) is 16.7. The van der Waals surface area contributed by atoms with Crippen LogP contribution in [0.3, 0.4) is 0 Å². The molecule has 2 aromatic heterocycles. The van der Waals surface area contributed by atoms with Crippen LogP contribution in [0, 0.1) is 0 Å². The van der Waals surface area contributed by atoms with Crippen LogP contribution in [0.4, 0.5) is 5.82 Å². The van der Waals surface area contributed by atoms with Crippen molar-refractivity contribution >= 4 is 35.3 Å². The van der Waals surface area contributed by atoms with Crippen LogP contribution in [0.2, 0.25) is 0 Å². The maximum atomic E-state index is 12.4. The molecule has 0 fully saturated rings. The zero-order valence-electron chi connectivity index (χ0n) is 12.2. The number of anilines is 1. The molecule has 0 aliphatic heterocycles. The SMILES string of the molecule is C=CC(=O)N(C[C]=O)c1ncccc1C(=O)NCc1cccs1. The van der Waals surface area contributed by atoms with E-state index in [1.54, 1.807) is 18.4 Å². The normalized spacial score (nSPS) is 9.91. The minimum atomic E-state index is -0.528. The van der Waals surface area contributed by atoms with Crippen molar-refractivity contribution in [1.29, 1.82) is 0 Å². The summed E-state index contributed by atoms with van der Waals surface area (Å²) in [6.45, 7) is 3.43. The number of aromatic nitrogens is 1. The van der Waals surface area contributed by atoms with Gasteiger partial charge < -0.3 is 5.32 Å². The number of nitrogens with one attached hydrogen (secondary N) is 1. The van der Waals surface area contributed by atoms with Crippen molar-refractivity contribution in [2.75, 3.05) is 11.4 Å². The predicted molar refractivity (Wildman–Crippen MR) is 88.0 cm³/mol. The van der Waals surface area contributed by atoms with E-state index in [2.05, 4.69) is 16.9 Å². The molecule has 2 aromatic rings. The van der Waals surface area contributed by atoms with E-state index in [1.165, 1.54) is 17.5 Å². The van der Waals surface area contributed by atoms with Gasteiger partial charge in [-0.25, -0.2) is 4.98 Å². The minimum Gasteiger partial charge on any atom is -0.347 e. The Morgan fingerprint density at radius 2 is 2.22 bits per heavy atom. The van der Waals surface area contributed by atoms with Gasteiger partial charge in [-0.3, -0.25) is 19.3 Å². The highest BCUT2D eigenvalue weighted by Gasteiger charge is 2.21. The second-order valence-corrected chi connectivity index (χ2v) is 5.44. The summed E-state index contributed by atoms with van der Waals surface area (Å²) in [5.74, 6) is -0.807. The standard InChI is InChI=1S/C16H14N3O3S/c1-2-14(21)19(8-9-20)15-13(6-3-7-17-15)16(22)18-11-12-5-4-10-23-12/h2-7,10H,1,8,11H2,(H,18,22). The number of thiophene rings is 1. The summed E-state index contributed by atoms with van der Waals surface area (Å²) in [6, 6.07) is 6.93. The lowest BCUT2D eigenvalue weighted by Crippen LogP contribution is -2.34. The molecule has 2 amide bonds. The van der Waals surface area contributed by atoms with Crippen LogP contribution >= 0.6 is 11.3 Å². The molecule has 6 nitrogen and oxygen atoms in total. The van der Waals surface area contributed by atoms with Gasteiger partial charge in [-0.2, -0.15) is 0 Å². The first-order chi connectivity index (χ1) is 11.2. The molecule has 7 heteroatoms. The second-order valence-electron chi connectivity index (χ2n) is 4.41. The van der Waals surface area contributed by atoms with Gasteiger partial charge in [0.2, 0.25) is 6.29 Å². The first-order valence-electron chi connectivity index (χ1n) is 6.72. The van der Waals surface area contributed by atoms with Crippen molar-refractivity contribution in [2.24, 2.45) is 0 Å². The predicted octanol–water partition coefficient (Wildman–Crippen LogP) is 1.70. The molecule has 0 aliphatic carbocycles. The van der Waals surface area contributed by atoms with E-state index < -0.39 is 5.91 Å². The molecule has 0 unspecified atom stereocenters. The van der Waals surface area contributed by atoms with Crippen molar-refractivity contribution in [1.82, 2.24) is 10.3 Å². The summed E-state index contributed by atoms with van der Waals surface area (Å²) in [5.41, 5.74) is 0.203. The second kappa shape index (κ2) is 8.00. The van der Waals surface area contributed by atoms with Gasteiger partial charge in [-0.15, -0.1) is 11.3 Å². The fraction of sp³-hybridized carbons (Fsp3) is 0.125. The average molecular weight is 328 g/mol. The van der Waals surface area contributed by atoms with Crippen LogP contribution in [-0.4, -0.2) is 29.6 Å². The summed E-state index contributed by atoms with van der Waals surface area (Å²) in [7, 11) is 0. The Morgan fingerprint density at radius 1 is 1.39 bits per heavy atom. The van der Waals surface area contributed by atoms with Crippen LogP contribution in [0.5, 0.6) is 0 Å². The number of pyridine rings is 1. The summed E-state index contributed by atoms with van der Waals surface area (Å²) in [6.07, 6.45) is 4.14. The number of carbonyl (C=O) groups is 2. The summed E-state index contributed by atoms with van der Waals surface area (Å²) >= 11 is 1.53. The molecule has 23 heavy (non-hydrogen) atoms. The lowest BCUT2D eigenvalue weighted by molar-refractivity contribution is -0.114. The highest BCUT2D eigenvalue weighted by molar-refractivity contribution is 7.09. The van der Waals surface area contributed by atoms with Gasteiger partial charge in [-0.1, -0.05) is 12.6 Å². The highest BCUT2D eigenvalue weighted by atomic mass is 32.1. The zero-order valence-corrected chi connectivity index (χ0v) is 13.0. The number of nitrogens with zero attached hydrogens (tertiary/aromatic N) is 2. The number of hydrogen-bond donors (Lipinski definition) is 1. The fourth-order valence-corrected chi connectivity index (χ4v) is 2.54. The average Bonchev–Trinajstić information content (AvgIpc) is 3.10. The number of hydrogen-bond acceptors (Lipinski definition) is 5. The van der Waals surface area contributed by atoms with Crippen molar-refractivity contribution in [3.63, 3.8) is 0 Å². The Kier molecular flexibility index (Phi) is 5.76. The number of amides is 2. The Morgan fingerprint density at radius 3 is 2.87 bits per heavy atom. The Balaban J connectivity index is 2.24. The first kappa shape index (κ1) is 16.6. The molecule has 0 saturated carbocycles. The topological polar surface area (TPSA) is 79.4 Å². The number of carbonyl (C=O) groups excluding carboxylic acids is 3. The lowest BCUT2D eigenvalue weighted by atomic mass is 10.2. The highest BCUT2D eigenvalue weighted by Crippen LogP contribution is 2.18. The van der Waals surface area contributed by atoms with Gasteiger partial charge in [-0.05, 0) is 29.7 Å². The Hall–Kier alpha value is -2.80. The molecular weight excluding hydrogens is 314 g/mol. The van der Waals surface area contributed by atoms with E-state index in [1.807, 2.05) is 17.5 Å². The van der Waals surface area contributed by atoms with E-state index in [9.17, 15) is 14.4 Å². The van der Waals surface area contributed by atoms with E-state index in [-0.39, 0.29) is 23.8 Å². The minimum absolute atomic E-state index is 0.101. The van der Waals surface area contributed by atoms with Gasteiger partial charge in [0.25, 0.3) is 11.8 Å². The van der Waals surface area contributed by atoms with Gasteiger partial charge in [0.05, 0.1) is 18.7 Å². The maximum Gasteiger partial charge on any atom is 0.255 e. The Labute approximate surface area is 137 Å². The van der Waals surface area contributed by atoms with E-state index in [0.717, 1.165) is 15.9 Å². The summed E-state index contributed by atoms with van der Waals surface area (Å²) in [4.78, 5) is 41.1. The molecule has 117 valence electrons. The van der Waals surface area contributed by atoms with Gasteiger partial charge >= 0.3 is 0 Å². The molecule has 2 rings (SSSR count). The van der Waals surface area contributed by atoms with Crippen molar-refractivity contribution in [3.8, 4) is 0 Å². The molecule has 0 atom stereocenters. The quantitative estimate of drug-likeness (QED) is 0.785. The molecule has 0 saturated heterocycles. The fourth-order valence-electron chi connectivity index (χ4n) is 1.90. The number of rotatable bonds is 7. The largest absolute Gasteiger partial charge is 0.347 e. The van der Waals surface area contributed by atoms with Crippen LogP contribution in [0.15, 0.2) is 48.5 Å². The smallest absolute Gasteiger partial charge is 0.255 e. The van der Waals surface area contributed by atoms with Gasteiger partial charge in [0, 0.05) is 11.1 Å². The molecule has 0 aromatic carbocycles. The van der Waals surface area contributed by atoms with E-state index in [4.69, 9.17) is 0 Å². The monoisotopic (exact) mass is 328 g/mol. The van der Waals surface area contributed by atoms with Crippen LogP contribution < -0.4 is 10.2 Å². The summed E-state index contributed by atoms with van der Waals surface area (Å²) < 4.78 is 0. The molecular formula is C16H14N3O3S.